The lowest BCUT2D eigenvalue weighted by Crippen LogP contribution is -2.55. The van der Waals surface area contributed by atoms with Crippen LogP contribution in [0.2, 0.25) is 5.02 Å². The molecular formula is C19H25ClN4O2. The number of rotatable bonds is 5. The van der Waals surface area contributed by atoms with E-state index >= 15 is 0 Å². The molecule has 1 aromatic carbocycles. The van der Waals surface area contributed by atoms with Crippen molar-refractivity contribution in [2.24, 2.45) is 5.92 Å². The minimum atomic E-state index is -0.872. The van der Waals surface area contributed by atoms with Crippen molar-refractivity contribution in [2.45, 2.75) is 26.3 Å². The van der Waals surface area contributed by atoms with Crippen molar-refractivity contribution in [3.05, 3.63) is 34.9 Å². The van der Waals surface area contributed by atoms with Crippen LogP contribution in [0, 0.1) is 17.2 Å². The molecule has 1 aromatic rings. The molecule has 1 heterocycles. The second kappa shape index (κ2) is 8.52. The van der Waals surface area contributed by atoms with Crippen molar-refractivity contribution in [1.29, 1.82) is 5.26 Å². The van der Waals surface area contributed by atoms with Gasteiger partial charge in [-0.05, 0) is 37.1 Å². The number of nitrogens with one attached hydrogen (secondary N) is 1. The first-order valence-electron chi connectivity index (χ1n) is 8.74. The summed E-state index contributed by atoms with van der Waals surface area (Å²) < 4.78 is 0. The monoisotopic (exact) mass is 376 g/mol. The first kappa shape index (κ1) is 20.2. The molecule has 1 saturated heterocycles. The van der Waals surface area contributed by atoms with Crippen molar-refractivity contribution < 1.29 is 9.59 Å². The first-order chi connectivity index (χ1) is 12.2. The van der Waals surface area contributed by atoms with Gasteiger partial charge in [0.05, 0.1) is 12.6 Å². The molecule has 26 heavy (non-hydrogen) atoms. The third-order valence-electron chi connectivity index (χ3n) is 4.90. The van der Waals surface area contributed by atoms with Gasteiger partial charge in [-0.25, -0.2) is 0 Å². The van der Waals surface area contributed by atoms with Gasteiger partial charge in [0.2, 0.25) is 5.91 Å². The van der Waals surface area contributed by atoms with Gasteiger partial charge >= 0.3 is 0 Å². The summed E-state index contributed by atoms with van der Waals surface area (Å²) in [6, 6.07) is 9.03. The zero-order valence-corrected chi connectivity index (χ0v) is 16.2. The molecule has 0 saturated carbocycles. The number of hydrogen-bond donors (Lipinski definition) is 1. The predicted octanol–water partition coefficient (Wildman–Crippen LogP) is 2.15. The highest BCUT2D eigenvalue weighted by molar-refractivity contribution is 6.30. The molecular weight excluding hydrogens is 352 g/mol. The van der Waals surface area contributed by atoms with Crippen LogP contribution in [0.4, 0.5) is 0 Å². The maximum absolute atomic E-state index is 12.5. The maximum Gasteiger partial charge on any atom is 0.253 e. The molecule has 1 aliphatic rings. The summed E-state index contributed by atoms with van der Waals surface area (Å²) in [7, 11) is 0. The Bertz CT molecular complexity index is 690. The summed E-state index contributed by atoms with van der Waals surface area (Å²) in [5, 5.41) is 12.7. The van der Waals surface area contributed by atoms with Crippen LogP contribution in [-0.2, 0) is 4.79 Å². The maximum atomic E-state index is 12.5. The summed E-state index contributed by atoms with van der Waals surface area (Å²) in [6.45, 7) is 8.15. The molecule has 0 spiro atoms. The lowest BCUT2D eigenvalue weighted by molar-refractivity contribution is -0.124. The molecule has 2 amide bonds. The second-order valence-electron chi connectivity index (χ2n) is 7.09. The van der Waals surface area contributed by atoms with Gasteiger partial charge in [0.15, 0.2) is 0 Å². The van der Waals surface area contributed by atoms with E-state index in [4.69, 9.17) is 11.6 Å². The minimum absolute atomic E-state index is 0.0188. The molecule has 6 nitrogen and oxygen atoms in total. The fourth-order valence-electron chi connectivity index (χ4n) is 2.72. The van der Waals surface area contributed by atoms with Gasteiger partial charge in [-0.15, -0.1) is 0 Å². The van der Waals surface area contributed by atoms with E-state index in [2.05, 4.69) is 11.4 Å². The van der Waals surface area contributed by atoms with E-state index in [9.17, 15) is 14.9 Å². The number of piperazine rings is 1. The number of nitrogens with zero attached hydrogens (tertiary/aromatic N) is 3. The number of halogens is 1. The van der Waals surface area contributed by atoms with Crippen molar-refractivity contribution in [3.8, 4) is 6.07 Å². The van der Waals surface area contributed by atoms with E-state index in [1.165, 1.54) is 0 Å². The van der Waals surface area contributed by atoms with Gasteiger partial charge in [-0.1, -0.05) is 25.4 Å². The molecule has 1 unspecified atom stereocenters. The van der Waals surface area contributed by atoms with Crippen LogP contribution in [0.5, 0.6) is 0 Å². The molecule has 140 valence electrons. The standard InChI is InChI=1S/C19H25ClN4O2/c1-14(2)19(3,13-21)22-17(25)12-23-8-10-24(11-9-23)18(26)15-4-6-16(20)7-5-15/h4-7,14H,8-12H2,1-3H3,(H,22,25). The lowest BCUT2D eigenvalue weighted by atomic mass is 9.90. The van der Waals surface area contributed by atoms with E-state index in [1.807, 2.05) is 18.7 Å². The molecule has 2 rings (SSSR count). The minimum Gasteiger partial charge on any atom is -0.337 e. The summed E-state index contributed by atoms with van der Waals surface area (Å²) in [5.41, 5.74) is -0.258. The Morgan fingerprint density at radius 2 is 1.81 bits per heavy atom. The van der Waals surface area contributed by atoms with Crippen LogP contribution in [0.1, 0.15) is 31.1 Å². The van der Waals surface area contributed by atoms with Gasteiger partial charge in [0.25, 0.3) is 5.91 Å². The van der Waals surface area contributed by atoms with Gasteiger partial charge in [-0.2, -0.15) is 5.26 Å². The molecule has 0 aliphatic carbocycles. The zero-order chi connectivity index (χ0) is 19.3. The van der Waals surface area contributed by atoms with E-state index < -0.39 is 5.54 Å². The molecule has 0 aromatic heterocycles. The van der Waals surface area contributed by atoms with E-state index in [-0.39, 0.29) is 24.3 Å². The third-order valence-corrected chi connectivity index (χ3v) is 5.16. The summed E-state index contributed by atoms with van der Waals surface area (Å²) in [4.78, 5) is 28.5. The number of benzene rings is 1. The van der Waals surface area contributed by atoms with Crippen molar-refractivity contribution in [2.75, 3.05) is 32.7 Å². The van der Waals surface area contributed by atoms with Gasteiger partial charge in [0, 0.05) is 36.8 Å². The first-order valence-corrected chi connectivity index (χ1v) is 9.12. The molecule has 1 fully saturated rings. The van der Waals surface area contributed by atoms with Crippen LogP contribution < -0.4 is 5.32 Å². The Balaban J connectivity index is 1.85. The highest BCUT2D eigenvalue weighted by Gasteiger charge is 2.31. The molecule has 1 atom stereocenters. The van der Waals surface area contributed by atoms with Crippen LogP contribution in [0.3, 0.4) is 0 Å². The van der Waals surface area contributed by atoms with Gasteiger partial charge in [-0.3, -0.25) is 14.5 Å². The second-order valence-corrected chi connectivity index (χ2v) is 7.53. The fourth-order valence-corrected chi connectivity index (χ4v) is 2.84. The van der Waals surface area contributed by atoms with Crippen LogP contribution in [-0.4, -0.2) is 59.9 Å². The zero-order valence-electron chi connectivity index (χ0n) is 15.5. The average molecular weight is 377 g/mol. The predicted molar refractivity (Wildman–Crippen MR) is 101 cm³/mol. The number of amides is 2. The summed E-state index contributed by atoms with van der Waals surface area (Å²) >= 11 is 5.86. The van der Waals surface area contributed by atoms with Gasteiger partial charge < -0.3 is 10.2 Å². The molecule has 0 bridgehead atoms. The topological polar surface area (TPSA) is 76.4 Å². The Morgan fingerprint density at radius 3 is 2.31 bits per heavy atom. The Labute approximate surface area is 159 Å². The number of hydrogen-bond acceptors (Lipinski definition) is 4. The number of nitriles is 1. The quantitative estimate of drug-likeness (QED) is 0.854. The third kappa shape index (κ3) is 4.96. The molecule has 7 heteroatoms. The van der Waals surface area contributed by atoms with E-state index in [1.54, 1.807) is 36.1 Å². The van der Waals surface area contributed by atoms with Gasteiger partial charge in [0.1, 0.15) is 5.54 Å². The lowest BCUT2D eigenvalue weighted by Gasteiger charge is -2.35. The van der Waals surface area contributed by atoms with E-state index in [0.717, 1.165) is 0 Å². The SMILES string of the molecule is CC(C)C(C)(C#N)NC(=O)CN1CCN(C(=O)c2ccc(Cl)cc2)CC1. The summed E-state index contributed by atoms with van der Waals surface area (Å²) in [5.74, 6) is -0.173. The Morgan fingerprint density at radius 1 is 1.23 bits per heavy atom. The Kier molecular flexibility index (Phi) is 6.63. The fraction of sp³-hybridized carbons (Fsp3) is 0.526. The highest BCUT2D eigenvalue weighted by Crippen LogP contribution is 2.16. The molecule has 0 radical (unpaired) electrons. The van der Waals surface area contributed by atoms with E-state index in [0.29, 0.717) is 36.8 Å². The largest absolute Gasteiger partial charge is 0.337 e. The number of carbonyl (C=O) groups excluding carboxylic acids is 2. The normalized spacial score (nSPS) is 17.5. The smallest absolute Gasteiger partial charge is 0.253 e. The summed E-state index contributed by atoms with van der Waals surface area (Å²) in [6.07, 6.45) is 0. The highest BCUT2D eigenvalue weighted by atomic mass is 35.5. The Hall–Kier alpha value is -2.10. The molecule has 1 N–H and O–H groups in total. The van der Waals surface area contributed by atoms with Crippen molar-refractivity contribution in [1.82, 2.24) is 15.1 Å². The van der Waals surface area contributed by atoms with Crippen LogP contribution in [0.15, 0.2) is 24.3 Å². The molecule has 1 aliphatic heterocycles. The number of carbonyl (C=O) groups is 2. The van der Waals surface area contributed by atoms with Crippen LogP contribution in [0.25, 0.3) is 0 Å². The average Bonchev–Trinajstić information content (AvgIpc) is 2.62. The van der Waals surface area contributed by atoms with Crippen molar-refractivity contribution in [3.63, 3.8) is 0 Å². The van der Waals surface area contributed by atoms with Crippen molar-refractivity contribution >= 4 is 23.4 Å². The van der Waals surface area contributed by atoms with Crippen LogP contribution >= 0.6 is 11.6 Å².